The van der Waals surface area contributed by atoms with Gasteiger partial charge in [-0.25, -0.2) is 18.7 Å². The Bertz CT molecular complexity index is 989. The number of aromatic nitrogens is 2. The fourth-order valence-corrected chi connectivity index (χ4v) is 2.92. The summed E-state index contributed by atoms with van der Waals surface area (Å²) in [5.41, 5.74) is 2.18. The van der Waals surface area contributed by atoms with Crippen LogP contribution in [0.25, 0.3) is 11.0 Å². The van der Waals surface area contributed by atoms with Crippen molar-refractivity contribution in [1.29, 1.82) is 0 Å². The number of benzene rings is 1. The minimum atomic E-state index is -0.707. The molecule has 0 unspecified atom stereocenters. The molecule has 0 saturated carbocycles. The maximum Gasteiger partial charge on any atom is 0.257 e. The highest BCUT2D eigenvalue weighted by Crippen LogP contribution is 2.30. The summed E-state index contributed by atoms with van der Waals surface area (Å²) in [5, 5.41) is 3.59. The molecule has 2 aromatic heterocycles. The van der Waals surface area contributed by atoms with Gasteiger partial charge in [0.15, 0.2) is 5.65 Å². The lowest BCUT2D eigenvalue weighted by atomic mass is 10.1. The normalized spacial score (nSPS) is 10.5. The first-order chi connectivity index (χ1) is 12.9. The molecule has 3 rings (SSSR count). The molecule has 3 aromatic rings. The summed E-state index contributed by atoms with van der Waals surface area (Å²) in [7, 11) is 0. The Morgan fingerprint density at radius 3 is 2.36 bits per heavy atom. The van der Waals surface area contributed by atoms with Gasteiger partial charge in [-0.15, -0.1) is 12.4 Å². The zero-order valence-electron chi connectivity index (χ0n) is 15.8. The summed E-state index contributed by atoms with van der Waals surface area (Å²) in [5.74, 6) is -1.63. The van der Waals surface area contributed by atoms with Gasteiger partial charge in [-0.05, 0) is 45.0 Å². The molecule has 28 heavy (non-hydrogen) atoms. The molecule has 1 aromatic carbocycles. The Morgan fingerprint density at radius 2 is 1.75 bits per heavy atom. The van der Waals surface area contributed by atoms with Gasteiger partial charge in [-0.2, -0.15) is 0 Å². The number of halogens is 3. The van der Waals surface area contributed by atoms with Crippen LogP contribution in [0, 0.1) is 18.6 Å². The van der Waals surface area contributed by atoms with Crippen molar-refractivity contribution in [2.24, 2.45) is 0 Å². The average molecular weight is 407 g/mol. The van der Waals surface area contributed by atoms with Crippen molar-refractivity contribution >= 4 is 40.7 Å². The largest absolute Gasteiger partial charge is 0.354 e. The lowest BCUT2D eigenvalue weighted by Crippen LogP contribution is -2.31. The van der Waals surface area contributed by atoms with Gasteiger partial charge in [0, 0.05) is 42.1 Å². The van der Waals surface area contributed by atoms with Crippen LogP contribution in [0.1, 0.15) is 29.9 Å². The number of hydrogen-bond donors (Lipinski definition) is 1. The van der Waals surface area contributed by atoms with Crippen LogP contribution in [0.2, 0.25) is 0 Å². The van der Waals surface area contributed by atoms with Crippen LogP contribution in [-0.4, -0.2) is 33.9 Å². The molecule has 2 heterocycles. The first-order valence-corrected chi connectivity index (χ1v) is 8.71. The standard InChI is InChI=1S/C20H20F2N4O.ClH/c1-4-26(5-2)20(27)17-11-23-19-16(7-6-12(3)24-19)18(17)25-15-9-13(21)8-14(22)10-15;/h6-11H,4-5H2,1-3H3,(H,23,24,25);1H. The van der Waals surface area contributed by atoms with Gasteiger partial charge >= 0.3 is 0 Å². The number of aryl methyl sites for hydroxylation is 1. The fraction of sp³-hybridized carbons (Fsp3) is 0.250. The molecule has 0 aliphatic heterocycles. The van der Waals surface area contributed by atoms with Crippen LogP contribution >= 0.6 is 12.4 Å². The molecule has 0 spiro atoms. The summed E-state index contributed by atoms with van der Waals surface area (Å²) in [6.45, 7) is 6.68. The summed E-state index contributed by atoms with van der Waals surface area (Å²) in [4.78, 5) is 23.3. The maximum atomic E-state index is 13.6. The zero-order valence-corrected chi connectivity index (χ0v) is 16.6. The van der Waals surface area contributed by atoms with Crippen molar-refractivity contribution < 1.29 is 13.6 Å². The number of anilines is 2. The highest BCUT2D eigenvalue weighted by molar-refractivity contribution is 6.07. The van der Waals surface area contributed by atoms with Crippen LogP contribution < -0.4 is 5.32 Å². The Kier molecular flexibility index (Phi) is 6.85. The predicted octanol–water partition coefficient (Wildman–Crippen LogP) is 4.86. The van der Waals surface area contributed by atoms with Gasteiger partial charge in [0.05, 0.1) is 11.3 Å². The van der Waals surface area contributed by atoms with E-state index >= 15 is 0 Å². The van der Waals surface area contributed by atoms with Gasteiger partial charge in [0.2, 0.25) is 0 Å². The molecule has 0 aliphatic carbocycles. The molecular weight excluding hydrogens is 386 g/mol. The topological polar surface area (TPSA) is 58.1 Å². The molecule has 1 amide bonds. The highest BCUT2D eigenvalue weighted by atomic mass is 35.5. The number of carbonyl (C=O) groups excluding carboxylic acids is 1. The molecule has 1 N–H and O–H groups in total. The van der Waals surface area contributed by atoms with E-state index in [1.165, 1.54) is 18.3 Å². The molecule has 0 bridgehead atoms. The summed E-state index contributed by atoms with van der Waals surface area (Å²) in [6, 6.07) is 6.72. The molecule has 8 heteroatoms. The lowest BCUT2D eigenvalue weighted by Gasteiger charge is -2.21. The number of nitrogens with one attached hydrogen (secondary N) is 1. The number of hydrogen-bond acceptors (Lipinski definition) is 4. The van der Waals surface area contributed by atoms with Crippen molar-refractivity contribution in [3.8, 4) is 0 Å². The van der Waals surface area contributed by atoms with Crippen LogP contribution in [0.5, 0.6) is 0 Å². The van der Waals surface area contributed by atoms with Crippen molar-refractivity contribution in [3.05, 3.63) is 59.4 Å². The SMILES string of the molecule is CCN(CC)C(=O)c1cnc2nc(C)ccc2c1Nc1cc(F)cc(F)c1.Cl. The second-order valence-electron chi connectivity index (χ2n) is 6.13. The molecule has 0 saturated heterocycles. The third-order valence-electron chi connectivity index (χ3n) is 4.28. The van der Waals surface area contributed by atoms with E-state index < -0.39 is 11.6 Å². The van der Waals surface area contributed by atoms with Crippen LogP contribution in [0.4, 0.5) is 20.2 Å². The number of carbonyl (C=O) groups is 1. The minimum Gasteiger partial charge on any atom is -0.354 e. The molecule has 0 aliphatic rings. The fourth-order valence-electron chi connectivity index (χ4n) is 2.92. The Balaban J connectivity index is 0.00000280. The quantitative estimate of drug-likeness (QED) is 0.657. The second kappa shape index (κ2) is 8.93. The van der Waals surface area contributed by atoms with E-state index in [4.69, 9.17) is 0 Å². The number of pyridine rings is 2. The smallest absolute Gasteiger partial charge is 0.257 e. The van der Waals surface area contributed by atoms with Crippen molar-refractivity contribution in [3.63, 3.8) is 0 Å². The third-order valence-corrected chi connectivity index (χ3v) is 4.28. The molecule has 5 nitrogen and oxygen atoms in total. The van der Waals surface area contributed by atoms with Crippen LogP contribution in [0.3, 0.4) is 0 Å². The van der Waals surface area contributed by atoms with Crippen LogP contribution in [-0.2, 0) is 0 Å². The molecule has 0 radical (unpaired) electrons. The van der Waals surface area contributed by atoms with E-state index in [2.05, 4.69) is 15.3 Å². The van der Waals surface area contributed by atoms with E-state index in [1.54, 1.807) is 17.0 Å². The number of rotatable bonds is 5. The van der Waals surface area contributed by atoms with Crippen molar-refractivity contribution in [2.75, 3.05) is 18.4 Å². The lowest BCUT2D eigenvalue weighted by molar-refractivity contribution is 0.0773. The van der Waals surface area contributed by atoms with E-state index in [0.29, 0.717) is 35.4 Å². The summed E-state index contributed by atoms with van der Waals surface area (Å²) >= 11 is 0. The monoisotopic (exact) mass is 406 g/mol. The molecular formula is C20H21ClF2N4O. The molecule has 0 atom stereocenters. The Labute approximate surface area is 168 Å². The van der Waals surface area contributed by atoms with Gasteiger partial charge in [0.1, 0.15) is 11.6 Å². The Hall–Kier alpha value is -2.80. The summed E-state index contributed by atoms with van der Waals surface area (Å²) < 4.78 is 27.2. The second-order valence-corrected chi connectivity index (χ2v) is 6.13. The van der Waals surface area contributed by atoms with E-state index in [9.17, 15) is 13.6 Å². The van der Waals surface area contributed by atoms with Gasteiger partial charge in [-0.1, -0.05) is 0 Å². The van der Waals surface area contributed by atoms with Crippen LogP contribution in [0.15, 0.2) is 36.5 Å². The van der Waals surface area contributed by atoms with Gasteiger partial charge in [-0.3, -0.25) is 4.79 Å². The van der Waals surface area contributed by atoms with Crippen molar-refractivity contribution in [2.45, 2.75) is 20.8 Å². The van der Waals surface area contributed by atoms with E-state index in [0.717, 1.165) is 11.8 Å². The molecule has 0 fully saturated rings. The van der Waals surface area contributed by atoms with Gasteiger partial charge < -0.3 is 10.2 Å². The molecule has 148 valence electrons. The average Bonchev–Trinajstić information content (AvgIpc) is 2.61. The third kappa shape index (κ3) is 4.36. The number of fused-ring (bicyclic) bond motifs is 1. The van der Waals surface area contributed by atoms with Gasteiger partial charge in [0.25, 0.3) is 5.91 Å². The van der Waals surface area contributed by atoms with E-state index in [-0.39, 0.29) is 24.0 Å². The predicted molar refractivity (Wildman–Crippen MR) is 108 cm³/mol. The highest BCUT2D eigenvalue weighted by Gasteiger charge is 2.20. The zero-order chi connectivity index (χ0) is 19.6. The maximum absolute atomic E-state index is 13.6. The first kappa shape index (κ1) is 21.5. The first-order valence-electron chi connectivity index (χ1n) is 8.71. The minimum absolute atomic E-state index is 0. The Morgan fingerprint density at radius 1 is 1.11 bits per heavy atom. The van der Waals surface area contributed by atoms with Crippen molar-refractivity contribution in [1.82, 2.24) is 14.9 Å². The summed E-state index contributed by atoms with van der Waals surface area (Å²) in [6.07, 6.45) is 1.45. The van der Waals surface area contributed by atoms with E-state index in [1.807, 2.05) is 20.8 Å². The number of amides is 1. The number of nitrogens with zero attached hydrogens (tertiary/aromatic N) is 3.